The van der Waals surface area contributed by atoms with E-state index in [-0.39, 0.29) is 23.6 Å². The van der Waals surface area contributed by atoms with Crippen LogP contribution in [0.25, 0.3) is 0 Å². The molecule has 0 fully saturated rings. The Morgan fingerprint density at radius 1 is 1.09 bits per heavy atom. The quantitative estimate of drug-likeness (QED) is 0.500. The average Bonchev–Trinajstić information content (AvgIpc) is 2.48. The van der Waals surface area contributed by atoms with E-state index in [0.29, 0.717) is 6.42 Å². The van der Waals surface area contributed by atoms with Crippen LogP contribution in [0.1, 0.15) is 15.9 Å². The number of hydrogen-bond donors (Lipinski definition) is 2. The van der Waals surface area contributed by atoms with Crippen LogP contribution in [-0.4, -0.2) is 23.8 Å². The van der Waals surface area contributed by atoms with E-state index in [1.165, 1.54) is 18.2 Å². The smallest absolute Gasteiger partial charge is 0.478 e. The molecular weight excluding hydrogens is 286 g/mol. The predicted octanol–water partition coefficient (Wildman–Crippen LogP) is 2.73. The van der Waals surface area contributed by atoms with Gasteiger partial charge >= 0.3 is 12.1 Å². The van der Waals surface area contributed by atoms with Gasteiger partial charge in [0.05, 0.1) is 6.61 Å². The maximum atomic E-state index is 11.6. The fourth-order valence-electron chi connectivity index (χ4n) is 1.82. The van der Waals surface area contributed by atoms with Crippen molar-refractivity contribution in [3.63, 3.8) is 0 Å². The zero-order valence-corrected chi connectivity index (χ0v) is 11.7. The first-order chi connectivity index (χ1) is 10.6. The summed E-state index contributed by atoms with van der Waals surface area (Å²) in [4.78, 5) is 22.7. The van der Waals surface area contributed by atoms with E-state index < -0.39 is 12.1 Å². The Bertz CT molecular complexity index is 669. The van der Waals surface area contributed by atoms with Gasteiger partial charge in [-0.1, -0.05) is 30.3 Å². The number of carbonyl (C=O) groups is 2. The Labute approximate surface area is 127 Å². The van der Waals surface area contributed by atoms with Gasteiger partial charge in [-0.25, -0.2) is 9.59 Å². The Morgan fingerprint density at radius 3 is 2.50 bits per heavy atom. The van der Waals surface area contributed by atoms with Crippen molar-refractivity contribution in [1.29, 1.82) is 0 Å². The topological polar surface area (TPSA) is 98.9 Å². The maximum Gasteiger partial charge on any atom is 0.513 e. The van der Waals surface area contributed by atoms with Crippen molar-refractivity contribution >= 4 is 17.8 Å². The van der Waals surface area contributed by atoms with Crippen LogP contribution in [0.4, 0.5) is 10.5 Å². The zero-order valence-electron chi connectivity index (χ0n) is 11.7. The normalized spacial score (nSPS) is 10.0. The second-order valence-electron chi connectivity index (χ2n) is 4.50. The molecule has 0 aliphatic heterocycles. The molecule has 0 saturated heterocycles. The monoisotopic (exact) mass is 301 g/mol. The van der Waals surface area contributed by atoms with Gasteiger partial charge in [-0.3, -0.25) is 0 Å². The van der Waals surface area contributed by atoms with Gasteiger partial charge in [0.2, 0.25) is 0 Å². The van der Waals surface area contributed by atoms with E-state index in [9.17, 15) is 9.59 Å². The van der Waals surface area contributed by atoms with Gasteiger partial charge in [0.25, 0.3) is 0 Å². The Morgan fingerprint density at radius 2 is 1.82 bits per heavy atom. The molecule has 2 rings (SSSR count). The van der Waals surface area contributed by atoms with E-state index in [1.807, 2.05) is 30.3 Å². The van der Waals surface area contributed by atoms with Gasteiger partial charge in [0.1, 0.15) is 5.56 Å². The summed E-state index contributed by atoms with van der Waals surface area (Å²) < 4.78 is 9.83. The van der Waals surface area contributed by atoms with E-state index in [2.05, 4.69) is 0 Å². The molecule has 0 radical (unpaired) electrons. The standard InChI is InChI=1S/C16H15NO5/c17-12-6-7-13(15(18)19)14(10-12)22-16(20)21-9-8-11-4-2-1-3-5-11/h1-7,10H,8-9,17H2,(H,18,19). The molecule has 0 aromatic heterocycles. The fourth-order valence-corrected chi connectivity index (χ4v) is 1.82. The zero-order chi connectivity index (χ0) is 15.9. The Hall–Kier alpha value is -3.02. The van der Waals surface area contributed by atoms with Crippen LogP contribution in [0.15, 0.2) is 48.5 Å². The van der Waals surface area contributed by atoms with Crippen LogP contribution < -0.4 is 10.5 Å². The summed E-state index contributed by atoms with van der Waals surface area (Å²) >= 11 is 0. The van der Waals surface area contributed by atoms with Crippen LogP contribution in [-0.2, 0) is 11.2 Å². The molecule has 0 spiro atoms. The molecule has 0 aliphatic carbocycles. The Kier molecular flexibility index (Phi) is 4.98. The number of carbonyl (C=O) groups excluding carboxylic acids is 1. The largest absolute Gasteiger partial charge is 0.513 e. The third-order valence-corrected chi connectivity index (χ3v) is 2.88. The van der Waals surface area contributed by atoms with E-state index in [0.717, 1.165) is 5.56 Å². The van der Waals surface area contributed by atoms with Crippen molar-refractivity contribution in [2.45, 2.75) is 6.42 Å². The van der Waals surface area contributed by atoms with E-state index in [1.54, 1.807) is 0 Å². The summed E-state index contributed by atoms with van der Waals surface area (Å²) in [7, 11) is 0. The molecule has 6 nitrogen and oxygen atoms in total. The Balaban J connectivity index is 1.92. The molecule has 0 saturated carbocycles. The first-order valence-electron chi connectivity index (χ1n) is 6.57. The maximum absolute atomic E-state index is 11.6. The van der Waals surface area contributed by atoms with Crippen LogP contribution in [0.2, 0.25) is 0 Å². The molecule has 2 aromatic carbocycles. The van der Waals surface area contributed by atoms with E-state index >= 15 is 0 Å². The number of rotatable bonds is 5. The molecule has 0 aliphatic rings. The summed E-state index contributed by atoms with van der Waals surface area (Å²) in [5.41, 5.74) is 6.70. The van der Waals surface area contributed by atoms with Gasteiger partial charge in [0.15, 0.2) is 5.75 Å². The number of nitrogen functional groups attached to an aromatic ring is 1. The molecule has 2 aromatic rings. The van der Waals surface area contributed by atoms with E-state index in [4.69, 9.17) is 20.3 Å². The lowest BCUT2D eigenvalue weighted by molar-refractivity contribution is 0.0690. The summed E-state index contributed by atoms with van der Waals surface area (Å²) in [6.07, 6.45) is -0.428. The lowest BCUT2D eigenvalue weighted by Gasteiger charge is -2.09. The lowest BCUT2D eigenvalue weighted by Crippen LogP contribution is -2.14. The molecule has 0 amide bonds. The molecule has 3 N–H and O–H groups in total. The van der Waals surface area contributed by atoms with Crippen molar-refractivity contribution in [1.82, 2.24) is 0 Å². The minimum absolute atomic E-state index is 0.133. The van der Waals surface area contributed by atoms with Crippen LogP contribution >= 0.6 is 0 Å². The highest BCUT2D eigenvalue weighted by Gasteiger charge is 2.15. The number of benzene rings is 2. The number of carboxylic acid groups (broad SMARTS) is 1. The number of carboxylic acids is 1. The first-order valence-corrected chi connectivity index (χ1v) is 6.57. The van der Waals surface area contributed by atoms with Crippen molar-refractivity contribution in [3.05, 3.63) is 59.7 Å². The lowest BCUT2D eigenvalue weighted by atomic mass is 10.2. The highest BCUT2D eigenvalue weighted by molar-refractivity contribution is 5.92. The van der Waals surface area contributed by atoms with Crippen LogP contribution in [0.5, 0.6) is 5.75 Å². The second kappa shape index (κ2) is 7.12. The minimum Gasteiger partial charge on any atom is -0.478 e. The van der Waals surface area contributed by atoms with Crippen LogP contribution in [0.3, 0.4) is 0 Å². The summed E-state index contributed by atoms with van der Waals surface area (Å²) in [5.74, 6) is -1.36. The van der Waals surface area contributed by atoms with Gasteiger partial charge in [-0.15, -0.1) is 0 Å². The number of nitrogens with two attached hydrogens (primary N) is 1. The molecule has 0 unspecified atom stereocenters. The molecule has 22 heavy (non-hydrogen) atoms. The summed E-state index contributed by atoms with van der Waals surface area (Å²) in [6, 6.07) is 13.4. The summed E-state index contributed by atoms with van der Waals surface area (Å²) in [5, 5.41) is 9.02. The fraction of sp³-hybridized carbons (Fsp3) is 0.125. The van der Waals surface area contributed by atoms with Crippen molar-refractivity contribution in [2.75, 3.05) is 12.3 Å². The SMILES string of the molecule is Nc1ccc(C(=O)O)c(OC(=O)OCCc2ccccc2)c1. The second-order valence-corrected chi connectivity index (χ2v) is 4.50. The third kappa shape index (κ3) is 4.24. The highest BCUT2D eigenvalue weighted by atomic mass is 16.7. The highest BCUT2D eigenvalue weighted by Crippen LogP contribution is 2.22. The number of hydrogen-bond acceptors (Lipinski definition) is 5. The van der Waals surface area contributed by atoms with Crippen molar-refractivity contribution in [2.24, 2.45) is 0 Å². The average molecular weight is 301 g/mol. The molecule has 0 atom stereocenters. The number of aromatic carboxylic acids is 1. The third-order valence-electron chi connectivity index (χ3n) is 2.88. The molecule has 6 heteroatoms. The van der Waals surface area contributed by atoms with Gasteiger partial charge in [-0.2, -0.15) is 0 Å². The number of anilines is 1. The van der Waals surface area contributed by atoms with Crippen molar-refractivity contribution in [3.8, 4) is 5.75 Å². The van der Waals surface area contributed by atoms with Gasteiger partial charge < -0.3 is 20.3 Å². The number of ether oxygens (including phenoxy) is 2. The minimum atomic E-state index is -1.22. The van der Waals surface area contributed by atoms with Crippen LogP contribution in [0, 0.1) is 0 Å². The molecule has 114 valence electrons. The molecule has 0 bridgehead atoms. The molecule has 0 heterocycles. The van der Waals surface area contributed by atoms with Gasteiger partial charge in [0, 0.05) is 18.2 Å². The predicted molar refractivity (Wildman–Crippen MR) is 79.9 cm³/mol. The first kappa shape index (κ1) is 15.4. The van der Waals surface area contributed by atoms with Crippen molar-refractivity contribution < 1.29 is 24.2 Å². The molecular formula is C16H15NO5. The summed E-state index contributed by atoms with van der Waals surface area (Å²) in [6.45, 7) is 0.133. The van der Waals surface area contributed by atoms with Gasteiger partial charge in [-0.05, 0) is 17.7 Å².